The summed E-state index contributed by atoms with van der Waals surface area (Å²) in [6.07, 6.45) is 1.51. The monoisotopic (exact) mass is 352 g/mol. The Bertz CT molecular complexity index is 742. The highest BCUT2D eigenvalue weighted by atomic mass is 32.2. The van der Waals surface area contributed by atoms with Crippen LogP contribution >= 0.6 is 23.1 Å². The van der Waals surface area contributed by atoms with Crippen LogP contribution in [0.1, 0.15) is 31.2 Å². The van der Waals surface area contributed by atoms with Crippen molar-refractivity contribution in [2.24, 2.45) is 0 Å². The molecule has 0 aromatic carbocycles. The highest BCUT2D eigenvalue weighted by Crippen LogP contribution is 2.35. The number of imide groups is 1. The number of hydrogen-bond donors (Lipinski definition) is 2. The molecule has 3 amide bonds. The van der Waals surface area contributed by atoms with E-state index >= 15 is 0 Å². The second kappa shape index (κ2) is 7.27. The normalized spacial score (nSPS) is 12.4. The Morgan fingerprint density at radius 3 is 2.57 bits per heavy atom. The zero-order chi connectivity index (χ0) is 17.1. The molecule has 1 atom stereocenters. The van der Waals surface area contributed by atoms with Gasteiger partial charge in [0, 0.05) is 16.3 Å². The molecular weight excluding hydrogens is 332 g/mol. The first-order chi connectivity index (χ1) is 10.8. The summed E-state index contributed by atoms with van der Waals surface area (Å²) in [5.41, 5.74) is 1.14. The maximum Gasteiger partial charge on any atom is 0.321 e. The van der Waals surface area contributed by atoms with Gasteiger partial charge < -0.3 is 5.32 Å². The first kappa shape index (κ1) is 17.7. The van der Waals surface area contributed by atoms with E-state index in [1.54, 1.807) is 18.3 Å². The van der Waals surface area contributed by atoms with Gasteiger partial charge in [-0.1, -0.05) is 11.8 Å². The van der Waals surface area contributed by atoms with Gasteiger partial charge in [-0.3, -0.25) is 10.1 Å². The quantitative estimate of drug-likeness (QED) is 0.653. The third-order valence-electron chi connectivity index (χ3n) is 3.24. The average Bonchev–Trinajstić information content (AvgIpc) is 2.74. The molecule has 0 aliphatic carbocycles. The first-order valence-corrected chi connectivity index (χ1v) is 8.98. The lowest BCUT2D eigenvalue weighted by molar-refractivity contribution is -0.119. The number of amides is 3. The van der Waals surface area contributed by atoms with Gasteiger partial charge in [0.1, 0.15) is 16.2 Å². The van der Waals surface area contributed by atoms with Gasteiger partial charge in [-0.15, -0.1) is 11.3 Å². The van der Waals surface area contributed by atoms with E-state index in [2.05, 4.69) is 20.6 Å². The van der Waals surface area contributed by atoms with Crippen LogP contribution in [-0.4, -0.2) is 33.2 Å². The van der Waals surface area contributed by atoms with Crippen LogP contribution in [0.5, 0.6) is 0 Å². The summed E-state index contributed by atoms with van der Waals surface area (Å²) in [7, 11) is 0. The van der Waals surface area contributed by atoms with Crippen LogP contribution in [0.25, 0.3) is 10.2 Å². The molecule has 0 saturated heterocycles. The minimum absolute atomic E-state index is 0.0244. The van der Waals surface area contributed by atoms with Crippen molar-refractivity contribution >= 4 is 45.3 Å². The van der Waals surface area contributed by atoms with Crippen LogP contribution < -0.4 is 10.6 Å². The molecule has 0 aliphatic heterocycles. The fraction of sp³-hybridized carbons (Fsp3) is 0.467. The third kappa shape index (κ3) is 4.20. The molecule has 0 aliphatic rings. The molecule has 2 N–H and O–H groups in total. The van der Waals surface area contributed by atoms with Gasteiger partial charge in [-0.05, 0) is 40.2 Å². The molecule has 23 heavy (non-hydrogen) atoms. The summed E-state index contributed by atoms with van der Waals surface area (Å²) in [6, 6.07) is -0.503. The molecule has 2 rings (SSSR count). The molecule has 0 spiro atoms. The van der Waals surface area contributed by atoms with Gasteiger partial charge in [-0.25, -0.2) is 14.8 Å². The van der Waals surface area contributed by atoms with Crippen molar-refractivity contribution in [1.29, 1.82) is 0 Å². The van der Waals surface area contributed by atoms with Crippen LogP contribution in [0, 0.1) is 13.8 Å². The Kier molecular flexibility index (Phi) is 5.59. The third-order valence-corrected chi connectivity index (χ3v) is 5.46. The molecule has 2 heterocycles. The van der Waals surface area contributed by atoms with Crippen molar-refractivity contribution in [2.75, 3.05) is 0 Å². The minimum atomic E-state index is -0.479. The van der Waals surface area contributed by atoms with Crippen LogP contribution in [0.15, 0.2) is 11.4 Å². The molecule has 8 heteroatoms. The molecule has 2 aromatic rings. The Balaban J connectivity index is 2.13. The van der Waals surface area contributed by atoms with Crippen molar-refractivity contribution in [1.82, 2.24) is 20.6 Å². The van der Waals surface area contributed by atoms with E-state index in [0.29, 0.717) is 0 Å². The number of carbonyl (C=O) groups is 2. The molecular formula is C15H20N4O2S2. The maximum atomic E-state index is 12.1. The lowest BCUT2D eigenvalue weighted by Crippen LogP contribution is -2.45. The lowest BCUT2D eigenvalue weighted by Gasteiger charge is -2.13. The van der Waals surface area contributed by atoms with Gasteiger partial charge in [0.25, 0.3) is 0 Å². The highest BCUT2D eigenvalue weighted by molar-refractivity contribution is 8.00. The molecule has 6 nitrogen and oxygen atoms in total. The van der Waals surface area contributed by atoms with Gasteiger partial charge >= 0.3 is 6.03 Å². The number of aryl methyl sites for hydroxylation is 2. The van der Waals surface area contributed by atoms with E-state index < -0.39 is 11.3 Å². The number of thioether (sulfide) groups is 1. The van der Waals surface area contributed by atoms with Gasteiger partial charge in [0.15, 0.2) is 0 Å². The summed E-state index contributed by atoms with van der Waals surface area (Å²) >= 11 is 2.95. The fourth-order valence-corrected chi connectivity index (χ4v) is 4.01. The van der Waals surface area contributed by atoms with Gasteiger partial charge in [0.05, 0.1) is 5.25 Å². The Morgan fingerprint density at radius 1 is 1.22 bits per heavy atom. The predicted octanol–water partition coefficient (Wildman–Crippen LogP) is 3.02. The maximum absolute atomic E-state index is 12.1. The molecule has 124 valence electrons. The predicted molar refractivity (Wildman–Crippen MR) is 94.0 cm³/mol. The molecule has 0 bridgehead atoms. The lowest BCUT2D eigenvalue weighted by atomic mass is 10.2. The smallest absolute Gasteiger partial charge is 0.321 e. The minimum Gasteiger partial charge on any atom is -0.336 e. The number of nitrogens with zero attached hydrogens (tertiary/aromatic N) is 2. The van der Waals surface area contributed by atoms with Crippen LogP contribution in [0.2, 0.25) is 0 Å². The number of urea groups is 1. The van der Waals surface area contributed by atoms with Gasteiger partial charge in [-0.2, -0.15) is 0 Å². The number of nitrogens with one attached hydrogen (secondary N) is 2. The number of fused-ring (bicyclic) bond motifs is 1. The second-order valence-corrected chi connectivity index (χ2v) is 8.05. The van der Waals surface area contributed by atoms with Gasteiger partial charge in [0.2, 0.25) is 5.91 Å². The Morgan fingerprint density at radius 2 is 1.91 bits per heavy atom. The number of rotatable bonds is 4. The molecule has 0 radical (unpaired) electrons. The van der Waals surface area contributed by atoms with Crippen LogP contribution in [-0.2, 0) is 4.79 Å². The summed E-state index contributed by atoms with van der Waals surface area (Å²) in [5.74, 6) is -0.343. The standard InChI is InChI=1S/C15H20N4O2S2/c1-7(2)18-15(21)19-12(20)10(5)23-14-11-8(3)9(4)22-13(11)16-6-17-14/h6-7,10H,1-5H3,(H2,18,19,20,21)/t10-/m1/s1. The molecule has 0 saturated carbocycles. The van der Waals surface area contributed by atoms with Crippen LogP contribution in [0.3, 0.4) is 0 Å². The van der Waals surface area contributed by atoms with Crippen LogP contribution in [0.4, 0.5) is 4.79 Å². The number of thiophene rings is 1. The Hall–Kier alpha value is -1.67. The highest BCUT2D eigenvalue weighted by Gasteiger charge is 2.21. The number of hydrogen-bond acceptors (Lipinski definition) is 6. The van der Waals surface area contributed by atoms with Crippen molar-refractivity contribution < 1.29 is 9.59 Å². The SMILES string of the molecule is Cc1sc2ncnc(S[C@H](C)C(=O)NC(=O)NC(C)C)c2c1C. The van der Waals surface area contributed by atoms with Crippen molar-refractivity contribution in [3.63, 3.8) is 0 Å². The van der Waals surface area contributed by atoms with Crippen molar-refractivity contribution in [2.45, 2.75) is 50.9 Å². The number of carbonyl (C=O) groups excluding carboxylic acids is 2. The summed E-state index contributed by atoms with van der Waals surface area (Å²) < 4.78 is 0. The molecule has 0 unspecified atom stereocenters. The van der Waals surface area contributed by atoms with E-state index in [-0.39, 0.29) is 11.9 Å². The number of aromatic nitrogens is 2. The Labute approximate surface area is 143 Å². The molecule has 2 aromatic heterocycles. The summed E-state index contributed by atoms with van der Waals surface area (Å²) in [5, 5.41) is 6.30. The average molecular weight is 352 g/mol. The second-order valence-electron chi connectivity index (χ2n) is 5.52. The summed E-state index contributed by atoms with van der Waals surface area (Å²) in [4.78, 5) is 34.5. The fourth-order valence-electron chi connectivity index (χ4n) is 1.97. The zero-order valence-corrected chi connectivity index (χ0v) is 15.4. The van der Waals surface area contributed by atoms with E-state index in [1.807, 2.05) is 27.7 Å². The topological polar surface area (TPSA) is 84.0 Å². The zero-order valence-electron chi connectivity index (χ0n) is 13.8. The van der Waals surface area contributed by atoms with E-state index in [1.165, 1.54) is 23.0 Å². The van der Waals surface area contributed by atoms with E-state index in [9.17, 15) is 9.59 Å². The van der Waals surface area contributed by atoms with Crippen molar-refractivity contribution in [3.8, 4) is 0 Å². The first-order valence-electron chi connectivity index (χ1n) is 7.28. The van der Waals surface area contributed by atoms with E-state index in [4.69, 9.17) is 0 Å². The van der Waals surface area contributed by atoms with E-state index in [0.717, 1.165) is 20.8 Å². The largest absolute Gasteiger partial charge is 0.336 e. The van der Waals surface area contributed by atoms with Crippen molar-refractivity contribution in [3.05, 3.63) is 16.8 Å². The molecule has 0 fully saturated rings. The summed E-state index contributed by atoms with van der Waals surface area (Å²) in [6.45, 7) is 9.50.